The summed E-state index contributed by atoms with van der Waals surface area (Å²) >= 11 is 0. The molecular formula is C20H22FN3. The Morgan fingerprint density at radius 2 is 2.00 bits per heavy atom. The molecule has 1 aliphatic heterocycles. The van der Waals surface area contributed by atoms with E-state index >= 15 is 0 Å². The number of benzene rings is 2. The van der Waals surface area contributed by atoms with Crippen LogP contribution in [0.5, 0.6) is 0 Å². The van der Waals surface area contributed by atoms with Gasteiger partial charge in [0.25, 0.3) is 0 Å². The topological polar surface area (TPSA) is 41.6 Å². The maximum Gasteiger partial charge on any atom is 0.131 e. The van der Waals surface area contributed by atoms with E-state index in [1.807, 2.05) is 25.1 Å². The summed E-state index contributed by atoms with van der Waals surface area (Å²) in [6, 6.07) is 9.14. The first-order valence-corrected chi connectivity index (χ1v) is 8.20. The zero-order chi connectivity index (χ0) is 17.1. The lowest BCUT2D eigenvalue weighted by molar-refractivity contribution is 0.630. The Bertz CT molecular complexity index is 769. The van der Waals surface area contributed by atoms with Crippen molar-refractivity contribution in [3.8, 4) is 11.1 Å². The van der Waals surface area contributed by atoms with Gasteiger partial charge in [0.15, 0.2) is 0 Å². The van der Waals surface area contributed by atoms with Gasteiger partial charge in [-0.2, -0.15) is 5.10 Å². The Balaban J connectivity index is 2.25. The van der Waals surface area contributed by atoms with Crippen LogP contribution in [0.15, 0.2) is 42.0 Å². The normalized spacial score (nSPS) is 14.5. The van der Waals surface area contributed by atoms with E-state index in [0.29, 0.717) is 5.56 Å². The van der Waals surface area contributed by atoms with E-state index in [2.05, 4.69) is 22.6 Å². The number of anilines is 1. The van der Waals surface area contributed by atoms with Gasteiger partial charge in [-0.05, 0) is 49.1 Å². The van der Waals surface area contributed by atoms with Crippen molar-refractivity contribution in [1.82, 2.24) is 0 Å². The highest BCUT2D eigenvalue weighted by Crippen LogP contribution is 2.35. The smallest absolute Gasteiger partial charge is 0.131 e. The van der Waals surface area contributed by atoms with Gasteiger partial charge < -0.3 is 10.7 Å². The van der Waals surface area contributed by atoms with Gasteiger partial charge >= 0.3 is 0 Å². The van der Waals surface area contributed by atoms with E-state index in [1.54, 1.807) is 12.3 Å². The molecule has 3 rings (SSSR count). The van der Waals surface area contributed by atoms with E-state index in [0.717, 1.165) is 41.0 Å². The van der Waals surface area contributed by atoms with Gasteiger partial charge in [0.05, 0.1) is 6.21 Å². The van der Waals surface area contributed by atoms with Crippen LogP contribution in [-0.4, -0.2) is 19.3 Å². The van der Waals surface area contributed by atoms with Crippen molar-refractivity contribution in [3.05, 3.63) is 59.4 Å². The van der Waals surface area contributed by atoms with Gasteiger partial charge in [-0.15, -0.1) is 0 Å². The molecule has 1 saturated heterocycles. The lowest BCUT2D eigenvalue weighted by atomic mass is 9.94. The monoisotopic (exact) mass is 323 g/mol. The summed E-state index contributed by atoms with van der Waals surface area (Å²) < 4.78 is 14.5. The molecule has 0 aliphatic carbocycles. The van der Waals surface area contributed by atoms with Gasteiger partial charge in [0.1, 0.15) is 5.82 Å². The minimum atomic E-state index is -0.218. The lowest BCUT2D eigenvalue weighted by Crippen LogP contribution is -2.19. The molecule has 0 atom stereocenters. The molecular weight excluding hydrogens is 301 g/mol. The summed E-state index contributed by atoms with van der Waals surface area (Å²) in [7, 11) is 0. The van der Waals surface area contributed by atoms with Crippen molar-refractivity contribution in [2.24, 2.45) is 10.9 Å². The molecule has 1 heterocycles. The molecule has 2 aromatic carbocycles. The quantitative estimate of drug-likeness (QED) is 0.517. The summed E-state index contributed by atoms with van der Waals surface area (Å²) in [4.78, 5) is 2.32. The van der Waals surface area contributed by atoms with Crippen LogP contribution in [-0.2, 0) is 0 Å². The van der Waals surface area contributed by atoms with Crippen molar-refractivity contribution < 1.29 is 4.39 Å². The number of aryl methyl sites for hydroxylation is 1. The second-order valence-electron chi connectivity index (χ2n) is 6.11. The van der Waals surface area contributed by atoms with E-state index in [-0.39, 0.29) is 5.82 Å². The molecule has 0 aromatic heterocycles. The van der Waals surface area contributed by atoms with E-state index in [1.165, 1.54) is 18.9 Å². The number of hydrogen-bond acceptors (Lipinski definition) is 3. The molecule has 4 heteroatoms. The molecule has 0 amide bonds. The number of rotatable bonds is 4. The highest BCUT2D eigenvalue weighted by Gasteiger charge is 2.19. The molecule has 1 fully saturated rings. The Morgan fingerprint density at radius 3 is 2.62 bits per heavy atom. The molecule has 1 aliphatic rings. The lowest BCUT2D eigenvalue weighted by Gasteiger charge is -2.23. The van der Waals surface area contributed by atoms with Gasteiger partial charge in [0.2, 0.25) is 0 Å². The second kappa shape index (κ2) is 6.87. The first-order chi connectivity index (χ1) is 11.7. The summed E-state index contributed by atoms with van der Waals surface area (Å²) in [5, 5.41) is 3.68. The largest absolute Gasteiger partial charge is 0.371 e. The predicted octanol–water partition coefficient (Wildman–Crippen LogP) is 4.34. The highest BCUT2D eigenvalue weighted by atomic mass is 19.1. The van der Waals surface area contributed by atoms with Crippen LogP contribution in [0.4, 0.5) is 10.1 Å². The minimum absolute atomic E-state index is 0.218. The molecule has 124 valence electrons. The molecule has 24 heavy (non-hydrogen) atoms. The van der Waals surface area contributed by atoms with Crippen LogP contribution in [0.3, 0.4) is 0 Å². The summed E-state index contributed by atoms with van der Waals surface area (Å²) in [5.74, 6) is 5.17. The predicted molar refractivity (Wildman–Crippen MR) is 99.9 cm³/mol. The first kappa shape index (κ1) is 16.2. The number of hydrazone groups is 1. The summed E-state index contributed by atoms with van der Waals surface area (Å²) in [5.41, 5.74) is 5.29. The molecule has 0 bridgehead atoms. The molecule has 3 nitrogen and oxygen atoms in total. The Labute approximate surface area is 142 Å². The van der Waals surface area contributed by atoms with Gasteiger partial charge in [-0.3, -0.25) is 0 Å². The summed E-state index contributed by atoms with van der Waals surface area (Å²) in [6.45, 7) is 7.86. The standard InChI is InChI=1S/C20H22FN3/c1-3-17-16(13-23-22)11-15(12-19(17)24-9-4-5-10-24)20-14(2)7-6-8-18(20)21/h3,6-8,11-13H,1,4-5,9-10,22H2,2H3/b23-13-. The van der Waals surface area contributed by atoms with Crippen LogP contribution in [0.25, 0.3) is 17.2 Å². The van der Waals surface area contributed by atoms with Crippen molar-refractivity contribution in [2.45, 2.75) is 19.8 Å². The van der Waals surface area contributed by atoms with Crippen molar-refractivity contribution in [3.63, 3.8) is 0 Å². The third kappa shape index (κ3) is 2.92. The zero-order valence-corrected chi connectivity index (χ0v) is 13.9. The van der Waals surface area contributed by atoms with Crippen LogP contribution in [0, 0.1) is 12.7 Å². The third-order valence-corrected chi connectivity index (χ3v) is 4.57. The van der Waals surface area contributed by atoms with Crippen molar-refractivity contribution in [2.75, 3.05) is 18.0 Å². The van der Waals surface area contributed by atoms with Crippen LogP contribution in [0.1, 0.15) is 29.5 Å². The van der Waals surface area contributed by atoms with Crippen molar-refractivity contribution >= 4 is 18.0 Å². The number of nitrogens with zero attached hydrogens (tertiary/aromatic N) is 2. The molecule has 0 saturated carbocycles. The average Bonchev–Trinajstić information content (AvgIpc) is 3.09. The Morgan fingerprint density at radius 1 is 1.25 bits per heavy atom. The number of nitrogens with two attached hydrogens (primary N) is 1. The van der Waals surface area contributed by atoms with Crippen molar-refractivity contribution in [1.29, 1.82) is 0 Å². The fourth-order valence-corrected chi connectivity index (χ4v) is 3.43. The number of hydrogen-bond donors (Lipinski definition) is 1. The fraction of sp³-hybridized carbons (Fsp3) is 0.250. The summed E-state index contributed by atoms with van der Waals surface area (Å²) in [6.07, 6.45) is 5.76. The Hall–Kier alpha value is -2.62. The molecule has 2 N–H and O–H groups in total. The maximum atomic E-state index is 14.5. The van der Waals surface area contributed by atoms with Crippen LogP contribution >= 0.6 is 0 Å². The number of halogens is 1. The van der Waals surface area contributed by atoms with E-state index < -0.39 is 0 Å². The highest BCUT2D eigenvalue weighted by molar-refractivity contribution is 5.93. The van der Waals surface area contributed by atoms with Gasteiger partial charge in [-0.25, -0.2) is 4.39 Å². The molecule has 0 radical (unpaired) electrons. The first-order valence-electron chi connectivity index (χ1n) is 8.20. The SMILES string of the molecule is C=Cc1c(/C=N\N)cc(-c2c(C)cccc2F)cc1N1CCCC1. The third-order valence-electron chi connectivity index (χ3n) is 4.57. The molecule has 2 aromatic rings. The van der Waals surface area contributed by atoms with Gasteiger partial charge in [-0.1, -0.05) is 24.8 Å². The molecule has 0 unspecified atom stereocenters. The van der Waals surface area contributed by atoms with Crippen LogP contribution in [0.2, 0.25) is 0 Å². The maximum absolute atomic E-state index is 14.5. The second-order valence-corrected chi connectivity index (χ2v) is 6.11. The zero-order valence-electron chi connectivity index (χ0n) is 13.9. The van der Waals surface area contributed by atoms with E-state index in [9.17, 15) is 4.39 Å². The fourth-order valence-electron chi connectivity index (χ4n) is 3.43. The minimum Gasteiger partial charge on any atom is -0.371 e. The molecule has 0 spiro atoms. The van der Waals surface area contributed by atoms with Gasteiger partial charge in [0, 0.05) is 35.5 Å². The van der Waals surface area contributed by atoms with Crippen LogP contribution < -0.4 is 10.7 Å². The van der Waals surface area contributed by atoms with E-state index in [4.69, 9.17) is 5.84 Å². The average molecular weight is 323 g/mol. The Kier molecular flexibility index (Phi) is 4.65.